The summed E-state index contributed by atoms with van der Waals surface area (Å²) in [5, 5.41) is 14.0. The first kappa shape index (κ1) is 17.2. The summed E-state index contributed by atoms with van der Waals surface area (Å²) >= 11 is 1.12. The number of thiophene rings is 1. The third kappa shape index (κ3) is 6.89. The lowest BCUT2D eigenvalue weighted by molar-refractivity contribution is -0.126. The van der Waals surface area contributed by atoms with E-state index in [0.717, 1.165) is 22.6 Å². The first-order chi connectivity index (χ1) is 9.88. The summed E-state index contributed by atoms with van der Waals surface area (Å²) in [5.41, 5.74) is 0. The summed E-state index contributed by atoms with van der Waals surface area (Å²) in [6.07, 6.45) is 1.21. The van der Waals surface area contributed by atoms with Crippen molar-refractivity contribution in [2.45, 2.75) is 33.2 Å². The number of aromatic carboxylic acids is 1. The molecule has 2 amide bonds. The number of carbonyl (C=O) groups excluding carboxylic acids is 2. The first-order valence-electron chi connectivity index (χ1n) is 6.74. The molecule has 1 aromatic heterocycles. The number of carboxylic acid groups (broad SMARTS) is 1. The molecule has 21 heavy (non-hydrogen) atoms. The molecule has 6 nitrogen and oxygen atoms in total. The number of hydrogen-bond donors (Lipinski definition) is 3. The van der Waals surface area contributed by atoms with Gasteiger partial charge in [-0.25, -0.2) is 4.79 Å². The molecule has 0 saturated carbocycles. The van der Waals surface area contributed by atoms with E-state index in [0.29, 0.717) is 12.3 Å². The molecule has 0 unspecified atom stereocenters. The van der Waals surface area contributed by atoms with Crippen LogP contribution in [0.1, 0.15) is 41.2 Å². The Morgan fingerprint density at radius 2 is 1.90 bits per heavy atom. The van der Waals surface area contributed by atoms with E-state index in [4.69, 9.17) is 5.11 Å². The summed E-state index contributed by atoms with van der Waals surface area (Å²) in [5.74, 6) is -0.955. The Labute approximate surface area is 127 Å². The van der Waals surface area contributed by atoms with Crippen LogP contribution >= 0.6 is 11.3 Å². The first-order valence-corrected chi connectivity index (χ1v) is 7.55. The number of carboxylic acids is 1. The highest BCUT2D eigenvalue weighted by atomic mass is 32.1. The average Bonchev–Trinajstić information content (AvgIpc) is 2.89. The number of rotatable bonds is 8. The van der Waals surface area contributed by atoms with Crippen molar-refractivity contribution in [2.75, 3.05) is 6.54 Å². The Kier molecular flexibility index (Phi) is 6.87. The summed E-state index contributed by atoms with van der Waals surface area (Å²) in [6.45, 7) is 4.27. The van der Waals surface area contributed by atoms with Gasteiger partial charge < -0.3 is 15.7 Å². The Balaban J connectivity index is 2.24. The Bertz CT molecular complexity index is 511. The van der Waals surface area contributed by atoms with Gasteiger partial charge in [-0.05, 0) is 24.5 Å². The predicted molar refractivity (Wildman–Crippen MR) is 80.2 cm³/mol. The molecule has 0 aromatic carbocycles. The molecule has 0 fully saturated rings. The lowest BCUT2D eigenvalue weighted by Crippen LogP contribution is -2.36. The van der Waals surface area contributed by atoms with Gasteiger partial charge in [-0.15, -0.1) is 11.3 Å². The third-order valence-electron chi connectivity index (χ3n) is 2.73. The lowest BCUT2D eigenvalue weighted by Gasteiger charge is -2.07. The van der Waals surface area contributed by atoms with Crippen LogP contribution in [-0.2, 0) is 16.1 Å². The van der Waals surface area contributed by atoms with Gasteiger partial charge in [-0.2, -0.15) is 0 Å². The topological polar surface area (TPSA) is 95.5 Å². The molecule has 3 N–H and O–H groups in total. The molecule has 116 valence electrons. The van der Waals surface area contributed by atoms with E-state index in [1.165, 1.54) is 6.07 Å². The van der Waals surface area contributed by atoms with Crippen molar-refractivity contribution in [2.24, 2.45) is 5.92 Å². The molecular weight excluding hydrogens is 292 g/mol. The number of nitrogens with one attached hydrogen (secondary N) is 2. The highest BCUT2D eigenvalue weighted by molar-refractivity contribution is 7.13. The molecule has 0 aliphatic carbocycles. The Hall–Kier alpha value is -1.89. The highest BCUT2D eigenvalue weighted by Crippen LogP contribution is 2.15. The number of hydrogen-bond acceptors (Lipinski definition) is 4. The van der Waals surface area contributed by atoms with Gasteiger partial charge in [0, 0.05) is 11.3 Å². The van der Waals surface area contributed by atoms with Crippen molar-refractivity contribution in [3.8, 4) is 0 Å². The predicted octanol–water partition coefficient (Wildman–Crippen LogP) is 1.61. The van der Waals surface area contributed by atoms with Crippen LogP contribution in [0.4, 0.5) is 0 Å². The number of carbonyl (C=O) groups is 3. The third-order valence-corrected chi connectivity index (χ3v) is 3.80. The van der Waals surface area contributed by atoms with Gasteiger partial charge in [0.1, 0.15) is 4.88 Å². The molecule has 0 radical (unpaired) electrons. The van der Waals surface area contributed by atoms with E-state index >= 15 is 0 Å². The van der Waals surface area contributed by atoms with E-state index < -0.39 is 5.97 Å². The van der Waals surface area contributed by atoms with Gasteiger partial charge >= 0.3 is 5.97 Å². The SMILES string of the molecule is CC(C)CCC(=O)NCC(=O)NCc1ccc(C(=O)O)s1. The maximum atomic E-state index is 11.6. The molecule has 0 bridgehead atoms. The zero-order valence-electron chi connectivity index (χ0n) is 12.1. The van der Waals surface area contributed by atoms with E-state index in [-0.39, 0.29) is 29.8 Å². The quantitative estimate of drug-likeness (QED) is 0.679. The summed E-state index contributed by atoms with van der Waals surface area (Å²) in [6, 6.07) is 3.16. The fraction of sp³-hybridized carbons (Fsp3) is 0.500. The van der Waals surface area contributed by atoms with Gasteiger partial charge in [0.15, 0.2) is 0 Å². The summed E-state index contributed by atoms with van der Waals surface area (Å²) < 4.78 is 0. The minimum atomic E-state index is -0.977. The summed E-state index contributed by atoms with van der Waals surface area (Å²) in [4.78, 5) is 34.7. The molecule has 0 atom stereocenters. The molecule has 1 heterocycles. The molecule has 0 aliphatic heterocycles. The van der Waals surface area contributed by atoms with Crippen LogP contribution in [0.2, 0.25) is 0 Å². The second-order valence-electron chi connectivity index (χ2n) is 5.06. The van der Waals surface area contributed by atoms with E-state index in [9.17, 15) is 14.4 Å². The van der Waals surface area contributed by atoms with Crippen molar-refractivity contribution < 1.29 is 19.5 Å². The van der Waals surface area contributed by atoms with Crippen LogP contribution in [0.5, 0.6) is 0 Å². The summed E-state index contributed by atoms with van der Waals surface area (Å²) in [7, 11) is 0. The molecule has 0 spiro atoms. The molecule has 1 rings (SSSR count). The van der Waals surface area contributed by atoms with E-state index in [1.54, 1.807) is 6.07 Å². The van der Waals surface area contributed by atoms with E-state index in [1.807, 2.05) is 13.8 Å². The molecule has 0 saturated heterocycles. The van der Waals surface area contributed by atoms with Crippen molar-refractivity contribution in [1.29, 1.82) is 0 Å². The van der Waals surface area contributed by atoms with Crippen molar-refractivity contribution in [3.05, 3.63) is 21.9 Å². The maximum absolute atomic E-state index is 11.6. The standard InChI is InChI=1S/C14H20N2O4S/c1-9(2)3-6-12(17)16-8-13(18)15-7-10-4-5-11(21-10)14(19)20/h4-5,9H,3,6-8H2,1-2H3,(H,15,18)(H,16,17)(H,19,20). The minimum Gasteiger partial charge on any atom is -0.477 e. The van der Waals surface area contributed by atoms with Gasteiger partial charge in [0.25, 0.3) is 0 Å². The van der Waals surface area contributed by atoms with Crippen molar-refractivity contribution in [1.82, 2.24) is 10.6 Å². The minimum absolute atomic E-state index is 0.0614. The van der Waals surface area contributed by atoms with Crippen molar-refractivity contribution in [3.63, 3.8) is 0 Å². The molecular formula is C14H20N2O4S. The van der Waals surface area contributed by atoms with Crippen LogP contribution in [0, 0.1) is 5.92 Å². The van der Waals surface area contributed by atoms with E-state index in [2.05, 4.69) is 10.6 Å². The Morgan fingerprint density at radius 1 is 1.19 bits per heavy atom. The number of amides is 2. The molecule has 0 aliphatic rings. The zero-order chi connectivity index (χ0) is 15.8. The van der Waals surface area contributed by atoms with Gasteiger partial charge in [0.05, 0.1) is 13.1 Å². The van der Waals surface area contributed by atoms with Gasteiger partial charge in [0.2, 0.25) is 11.8 Å². The normalized spacial score (nSPS) is 10.4. The average molecular weight is 312 g/mol. The highest BCUT2D eigenvalue weighted by Gasteiger charge is 2.09. The van der Waals surface area contributed by atoms with Crippen molar-refractivity contribution >= 4 is 29.1 Å². The fourth-order valence-corrected chi connectivity index (χ4v) is 2.31. The van der Waals surface area contributed by atoms with Crippen LogP contribution in [0.3, 0.4) is 0 Å². The van der Waals surface area contributed by atoms with Gasteiger partial charge in [-0.1, -0.05) is 13.8 Å². The van der Waals surface area contributed by atoms with Crippen LogP contribution in [0.25, 0.3) is 0 Å². The lowest BCUT2D eigenvalue weighted by atomic mass is 10.1. The smallest absolute Gasteiger partial charge is 0.345 e. The monoisotopic (exact) mass is 312 g/mol. The Morgan fingerprint density at radius 3 is 2.48 bits per heavy atom. The molecule has 1 aromatic rings. The van der Waals surface area contributed by atoms with Crippen LogP contribution in [-0.4, -0.2) is 29.4 Å². The maximum Gasteiger partial charge on any atom is 0.345 e. The van der Waals surface area contributed by atoms with Crippen LogP contribution < -0.4 is 10.6 Å². The van der Waals surface area contributed by atoms with Crippen LogP contribution in [0.15, 0.2) is 12.1 Å². The fourth-order valence-electron chi connectivity index (χ4n) is 1.52. The largest absolute Gasteiger partial charge is 0.477 e. The zero-order valence-corrected chi connectivity index (χ0v) is 13.0. The van der Waals surface area contributed by atoms with Gasteiger partial charge in [-0.3, -0.25) is 9.59 Å². The molecule has 7 heteroatoms. The second-order valence-corrected chi connectivity index (χ2v) is 6.23. The second kappa shape index (κ2) is 8.41.